The van der Waals surface area contributed by atoms with E-state index in [-0.39, 0.29) is 17.8 Å². The molecule has 0 aromatic heterocycles. The molecule has 1 aromatic carbocycles. The van der Waals surface area contributed by atoms with Gasteiger partial charge in [-0.2, -0.15) is 13.2 Å². The number of rotatable bonds is 3. The molecule has 0 radical (unpaired) electrons. The first-order chi connectivity index (χ1) is 11.8. The number of hydrogen-bond acceptors (Lipinski definition) is 3. The summed E-state index contributed by atoms with van der Waals surface area (Å²) >= 11 is 0. The largest absolute Gasteiger partial charge is 0.419 e. The fourth-order valence-electron chi connectivity index (χ4n) is 3.15. The van der Waals surface area contributed by atoms with E-state index in [0.717, 1.165) is 12.5 Å². The number of amides is 1. The summed E-state index contributed by atoms with van der Waals surface area (Å²) in [5, 5.41) is 0. The Morgan fingerprint density at radius 1 is 1.16 bits per heavy atom. The highest BCUT2D eigenvalue weighted by Crippen LogP contribution is 2.32. The molecule has 25 heavy (non-hydrogen) atoms. The van der Waals surface area contributed by atoms with Crippen molar-refractivity contribution in [1.82, 2.24) is 4.90 Å². The summed E-state index contributed by atoms with van der Waals surface area (Å²) in [4.78, 5) is 13.9. The van der Waals surface area contributed by atoms with Gasteiger partial charge in [0.1, 0.15) is 5.82 Å². The maximum atomic E-state index is 13.3. The van der Waals surface area contributed by atoms with Gasteiger partial charge in [-0.3, -0.25) is 4.79 Å². The van der Waals surface area contributed by atoms with Gasteiger partial charge >= 0.3 is 6.18 Å². The summed E-state index contributed by atoms with van der Waals surface area (Å²) in [6.07, 6.45) is -2.63. The molecule has 2 fully saturated rings. The lowest BCUT2D eigenvalue weighted by atomic mass is 10.0. The molecule has 0 aliphatic carbocycles. The molecule has 2 heterocycles. The van der Waals surface area contributed by atoms with Crippen LogP contribution in [0.2, 0.25) is 0 Å². The van der Waals surface area contributed by atoms with Crippen molar-refractivity contribution < 1.29 is 31.8 Å². The Morgan fingerprint density at radius 2 is 1.88 bits per heavy atom. The number of carbonyl (C=O) groups excluding carboxylic acids is 1. The molecule has 1 unspecified atom stereocenters. The van der Waals surface area contributed by atoms with E-state index in [1.165, 1.54) is 4.90 Å². The molecule has 0 spiro atoms. The van der Waals surface area contributed by atoms with Crippen molar-refractivity contribution in [2.45, 2.75) is 37.6 Å². The fourth-order valence-corrected chi connectivity index (χ4v) is 3.15. The van der Waals surface area contributed by atoms with Crippen LogP contribution in [0.15, 0.2) is 18.2 Å². The Kier molecular flexibility index (Phi) is 5.29. The first kappa shape index (κ1) is 18.1. The zero-order valence-corrected chi connectivity index (χ0v) is 13.5. The highest BCUT2D eigenvalue weighted by Gasteiger charge is 2.35. The van der Waals surface area contributed by atoms with Gasteiger partial charge in [-0.15, -0.1) is 0 Å². The van der Waals surface area contributed by atoms with Crippen LogP contribution in [-0.4, -0.2) is 49.3 Å². The molecular weight excluding hydrogens is 342 g/mol. The van der Waals surface area contributed by atoms with Gasteiger partial charge in [0.25, 0.3) is 5.91 Å². The number of likely N-dealkylation sites (tertiary alicyclic amines) is 1. The monoisotopic (exact) mass is 361 g/mol. The second kappa shape index (κ2) is 7.29. The topological polar surface area (TPSA) is 38.8 Å². The third kappa shape index (κ3) is 4.30. The second-order valence-electron chi connectivity index (χ2n) is 6.31. The summed E-state index contributed by atoms with van der Waals surface area (Å²) in [7, 11) is 0. The minimum atomic E-state index is -4.83. The van der Waals surface area contributed by atoms with Crippen LogP contribution in [0.3, 0.4) is 0 Å². The number of benzene rings is 1. The van der Waals surface area contributed by atoms with Gasteiger partial charge in [0.15, 0.2) is 0 Å². The minimum absolute atomic E-state index is 0.0229. The van der Waals surface area contributed by atoms with Crippen LogP contribution in [0, 0.1) is 5.82 Å². The maximum Gasteiger partial charge on any atom is 0.419 e. The van der Waals surface area contributed by atoms with Gasteiger partial charge in [-0.1, -0.05) is 0 Å². The molecule has 2 aliphatic rings. The Balaban J connectivity index is 1.61. The number of piperidine rings is 1. The van der Waals surface area contributed by atoms with Gasteiger partial charge in [-0.25, -0.2) is 4.39 Å². The van der Waals surface area contributed by atoms with Crippen LogP contribution < -0.4 is 0 Å². The van der Waals surface area contributed by atoms with Gasteiger partial charge in [0, 0.05) is 25.3 Å². The summed E-state index contributed by atoms with van der Waals surface area (Å²) in [5.41, 5.74) is -1.57. The van der Waals surface area contributed by atoms with Gasteiger partial charge in [-0.05, 0) is 37.5 Å². The van der Waals surface area contributed by atoms with Crippen molar-refractivity contribution in [3.63, 3.8) is 0 Å². The Labute approximate surface area is 142 Å². The van der Waals surface area contributed by atoms with Gasteiger partial charge in [0.05, 0.1) is 24.4 Å². The summed E-state index contributed by atoms with van der Waals surface area (Å²) in [6, 6.07) is 2.35. The number of carbonyl (C=O) groups is 1. The van der Waals surface area contributed by atoms with Crippen LogP contribution in [-0.2, 0) is 15.7 Å². The first-order valence-electron chi connectivity index (χ1n) is 8.24. The summed E-state index contributed by atoms with van der Waals surface area (Å²) < 4.78 is 62.9. The van der Waals surface area contributed by atoms with Crippen LogP contribution in [0.4, 0.5) is 17.6 Å². The van der Waals surface area contributed by atoms with Crippen molar-refractivity contribution in [1.29, 1.82) is 0 Å². The maximum absolute atomic E-state index is 13.3. The van der Waals surface area contributed by atoms with Crippen molar-refractivity contribution in [2.75, 3.05) is 26.3 Å². The zero-order valence-electron chi connectivity index (χ0n) is 13.5. The molecule has 8 heteroatoms. The zero-order chi connectivity index (χ0) is 18.0. The molecule has 1 amide bonds. The number of nitrogens with zero attached hydrogens (tertiary/aromatic N) is 1. The molecule has 2 aliphatic heterocycles. The second-order valence-corrected chi connectivity index (χ2v) is 6.31. The van der Waals surface area contributed by atoms with E-state index < -0.39 is 23.5 Å². The molecule has 0 saturated carbocycles. The molecule has 4 nitrogen and oxygen atoms in total. The normalized spacial score (nSPS) is 22.4. The third-order valence-corrected chi connectivity index (χ3v) is 4.52. The summed E-state index contributed by atoms with van der Waals surface area (Å²) in [5.74, 6) is -1.90. The lowest BCUT2D eigenvalue weighted by Gasteiger charge is -2.33. The van der Waals surface area contributed by atoms with Crippen molar-refractivity contribution in [3.05, 3.63) is 35.1 Å². The molecule has 138 valence electrons. The highest BCUT2D eigenvalue weighted by atomic mass is 19.4. The SMILES string of the molecule is O=C(c1ccc(F)c(C(F)(F)F)c1)N1CCC(OC2CCOC2)CC1. The minimum Gasteiger partial charge on any atom is -0.379 e. The Morgan fingerprint density at radius 3 is 2.48 bits per heavy atom. The molecule has 2 saturated heterocycles. The van der Waals surface area contributed by atoms with Crippen molar-refractivity contribution >= 4 is 5.91 Å². The highest BCUT2D eigenvalue weighted by molar-refractivity contribution is 5.94. The Hall–Kier alpha value is -1.67. The van der Waals surface area contributed by atoms with Gasteiger partial charge in [0.2, 0.25) is 0 Å². The molecule has 0 N–H and O–H groups in total. The van der Waals surface area contributed by atoms with Crippen LogP contribution in [0.1, 0.15) is 35.2 Å². The van der Waals surface area contributed by atoms with E-state index in [1.807, 2.05) is 0 Å². The lowest BCUT2D eigenvalue weighted by molar-refractivity contribution is -0.140. The first-order valence-corrected chi connectivity index (χ1v) is 8.24. The quantitative estimate of drug-likeness (QED) is 0.776. The van der Waals surface area contributed by atoms with Gasteiger partial charge < -0.3 is 14.4 Å². The van der Waals surface area contributed by atoms with Crippen LogP contribution in [0.25, 0.3) is 0 Å². The molecule has 1 aromatic rings. The van der Waals surface area contributed by atoms with E-state index in [2.05, 4.69) is 0 Å². The summed E-state index contributed by atoms with van der Waals surface area (Å²) in [6.45, 7) is 2.06. The lowest BCUT2D eigenvalue weighted by Crippen LogP contribution is -2.42. The van der Waals surface area contributed by atoms with Crippen LogP contribution >= 0.6 is 0 Å². The standard InChI is InChI=1S/C17H19F4NO3/c18-15-2-1-11(9-14(15)17(19,20)21)16(23)22-6-3-12(4-7-22)25-13-5-8-24-10-13/h1-2,9,12-13H,3-8,10H2. The smallest absolute Gasteiger partial charge is 0.379 e. The van der Waals surface area contributed by atoms with E-state index in [0.29, 0.717) is 51.3 Å². The predicted molar refractivity (Wildman–Crippen MR) is 80.6 cm³/mol. The Bertz CT molecular complexity index is 621. The average molecular weight is 361 g/mol. The third-order valence-electron chi connectivity index (χ3n) is 4.52. The number of hydrogen-bond donors (Lipinski definition) is 0. The molecule has 0 bridgehead atoms. The van der Waals surface area contributed by atoms with E-state index in [1.54, 1.807) is 0 Å². The number of ether oxygens (including phenoxy) is 2. The molecule has 3 rings (SSSR count). The average Bonchev–Trinajstić information content (AvgIpc) is 3.07. The van der Waals surface area contributed by atoms with Crippen molar-refractivity contribution in [2.24, 2.45) is 0 Å². The fraction of sp³-hybridized carbons (Fsp3) is 0.588. The molecule has 1 atom stereocenters. The van der Waals surface area contributed by atoms with E-state index in [4.69, 9.17) is 9.47 Å². The van der Waals surface area contributed by atoms with E-state index >= 15 is 0 Å². The number of halogens is 4. The van der Waals surface area contributed by atoms with E-state index in [9.17, 15) is 22.4 Å². The molecular formula is C17H19F4NO3. The van der Waals surface area contributed by atoms with Crippen molar-refractivity contribution in [3.8, 4) is 0 Å². The van der Waals surface area contributed by atoms with Crippen LogP contribution in [0.5, 0.6) is 0 Å². The number of alkyl halides is 3. The predicted octanol–water partition coefficient (Wildman–Crippen LogP) is 3.25.